The quantitative estimate of drug-likeness (QED) is 0.856. The van der Waals surface area contributed by atoms with Crippen molar-refractivity contribution in [1.82, 2.24) is 4.90 Å². The van der Waals surface area contributed by atoms with Crippen LogP contribution >= 0.6 is 11.6 Å². The van der Waals surface area contributed by atoms with Crippen LogP contribution in [0, 0.1) is 11.3 Å². The molecule has 0 atom stereocenters. The van der Waals surface area contributed by atoms with E-state index in [0.717, 1.165) is 4.90 Å². The zero-order valence-corrected chi connectivity index (χ0v) is 13.7. The van der Waals surface area contributed by atoms with E-state index >= 15 is 0 Å². The van der Waals surface area contributed by atoms with Gasteiger partial charge in [0.1, 0.15) is 0 Å². The Labute approximate surface area is 148 Å². The van der Waals surface area contributed by atoms with E-state index < -0.39 is 11.8 Å². The molecule has 3 rings (SSSR count). The van der Waals surface area contributed by atoms with Crippen molar-refractivity contribution in [2.75, 3.05) is 11.9 Å². The number of halogens is 1. The van der Waals surface area contributed by atoms with Gasteiger partial charge in [-0.3, -0.25) is 19.3 Å². The van der Waals surface area contributed by atoms with Crippen molar-refractivity contribution in [3.8, 4) is 6.07 Å². The van der Waals surface area contributed by atoms with Gasteiger partial charge in [0, 0.05) is 23.7 Å². The van der Waals surface area contributed by atoms with E-state index in [0.29, 0.717) is 21.8 Å². The predicted octanol–water partition coefficient (Wildman–Crippen LogP) is 2.84. The highest BCUT2D eigenvalue weighted by atomic mass is 35.5. The van der Waals surface area contributed by atoms with Crippen molar-refractivity contribution < 1.29 is 14.4 Å². The molecule has 6 nitrogen and oxygen atoms in total. The number of nitrogens with zero attached hydrogens (tertiary/aromatic N) is 2. The molecule has 0 saturated carbocycles. The van der Waals surface area contributed by atoms with Crippen LogP contribution in [-0.4, -0.2) is 29.2 Å². The second-order valence-corrected chi connectivity index (χ2v) is 5.88. The monoisotopic (exact) mass is 353 g/mol. The summed E-state index contributed by atoms with van der Waals surface area (Å²) in [5.74, 6) is -1.21. The number of nitrogens with one attached hydrogen (secondary N) is 1. The minimum absolute atomic E-state index is 0.0217. The Hall–Kier alpha value is -3.17. The lowest BCUT2D eigenvalue weighted by Gasteiger charge is -2.13. The molecular weight excluding hydrogens is 342 g/mol. The molecule has 1 N–H and O–H groups in total. The third-order valence-corrected chi connectivity index (χ3v) is 4.03. The number of hydrogen-bond donors (Lipinski definition) is 1. The van der Waals surface area contributed by atoms with Gasteiger partial charge in [0.05, 0.1) is 22.8 Å². The van der Waals surface area contributed by atoms with E-state index in [1.807, 2.05) is 6.07 Å². The van der Waals surface area contributed by atoms with E-state index in [4.69, 9.17) is 16.9 Å². The highest BCUT2D eigenvalue weighted by Crippen LogP contribution is 2.25. The van der Waals surface area contributed by atoms with Crippen LogP contribution in [0.15, 0.2) is 42.5 Å². The maximum Gasteiger partial charge on any atom is 0.261 e. The van der Waals surface area contributed by atoms with Crippen molar-refractivity contribution in [3.05, 3.63) is 64.2 Å². The van der Waals surface area contributed by atoms with Crippen LogP contribution in [-0.2, 0) is 4.79 Å². The Morgan fingerprint density at radius 3 is 2.44 bits per heavy atom. The van der Waals surface area contributed by atoms with Crippen molar-refractivity contribution in [2.24, 2.45) is 0 Å². The fourth-order valence-corrected chi connectivity index (χ4v) is 2.70. The van der Waals surface area contributed by atoms with Crippen LogP contribution in [0.25, 0.3) is 0 Å². The molecule has 1 heterocycles. The molecule has 0 spiro atoms. The highest BCUT2D eigenvalue weighted by molar-refractivity contribution is 6.32. The van der Waals surface area contributed by atoms with Gasteiger partial charge in [-0.05, 0) is 42.5 Å². The molecule has 0 radical (unpaired) electrons. The average molecular weight is 354 g/mol. The van der Waals surface area contributed by atoms with Gasteiger partial charge in [-0.15, -0.1) is 0 Å². The molecule has 0 aromatic heterocycles. The summed E-state index contributed by atoms with van der Waals surface area (Å²) in [4.78, 5) is 37.6. The molecule has 2 aromatic carbocycles. The van der Waals surface area contributed by atoms with Gasteiger partial charge in [-0.1, -0.05) is 11.6 Å². The van der Waals surface area contributed by atoms with Gasteiger partial charge in [-0.25, -0.2) is 0 Å². The summed E-state index contributed by atoms with van der Waals surface area (Å²) in [6.45, 7) is -0.0217. The Balaban J connectivity index is 1.62. The fraction of sp³-hybridized carbons (Fsp3) is 0.111. The molecule has 0 fully saturated rings. The number of benzene rings is 2. The van der Waals surface area contributed by atoms with Crippen molar-refractivity contribution in [1.29, 1.82) is 5.26 Å². The number of imide groups is 1. The van der Waals surface area contributed by atoms with Crippen molar-refractivity contribution in [3.63, 3.8) is 0 Å². The topological polar surface area (TPSA) is 90.3 Å². The predicted molar refractivity (Wildman–Crippen MR) is 91.2 cm³/mol. The number of amides is 3. The standard InChI is InChI=1S/C18H12ClN3O3/c19-12-3-6-14-15(9-12)18(25)22(17(14)24)8-7-16(23)21-13-4-1-11(10-20)2-5-13/h1-6,9H,7-8H2,(H,21,23). The van der Waals surface area contributed by atoms with Crippen LogP contribution in [0.5, 0.6) is 0 Å². The SMILES string of the molecule is N#Cc1ccc(NC(=O)CCN2C(=O)c3ccc(Cl)cc3C2=O)cc1. The molecule has 0 unspecified atom stereocenters. The third-order valence-electron chi connectivity index (χ3n) is 3.79. The lowest BCUT2D eigenvalue weighted by Crippen LogP contribution is -2.32. The number of carbonyl (C=O) groups excluding carboxylic acids is 3. The molecule has 0 saturated heterocycles. The Morgan fingerprint density at radius 1 is 1.08 bits per heavy atom. The summed E-state index contributed by atoms with van der Waals surface area (Å²) in [5, 5.41) is 11.8. The minimum Gasteiger partial charge on any atom is -0.326 e. The Morgan fingerprint density at radius 2 is 1.76 bits per heavy atom. The molecule has 124 valence electrons. The molecule has 3 amide bonds. The van der Waals surface area contributed by atoms with Gasteiger partial charge in [0.25, 0.3) is 11.8 Å². The summed E-state index contributed by atoms with van der Waals surface area (Å²) >= 11 is 5.86. The lowest BCUT2D eigenvalue weighted by molar-refractivity contribution is -0.116. The molecule has 0 aliphatic carbocycles. The average Bonchev–Trinajstić information content (AvgIpc) is 2.84. The van der Waals surface area contributed by atoms with Crippen LogP contribution in [0.1, 0.15) is 32.7 Å². The Kier molecular flexibility index (Phi) is 4.50. The summed E-state index contributed by atoms with van der Waals surface area (Å²) in [6.07, 6.45) is -0.0286. The first kappa shape index (κ1) is 16.7. The van der Waals surface area contributed by atoms with Crippen LogP contribution in [0.4, 0.5) is 5.69 Å². The fourth-order valence-electron chi connectivity index (χ4n) is 2.53. The van der Waals surface area contributed by atoms with Gasteiger partial charge in [0.15, 0.2) is 0 Å². The number of hydrogen-bond acceptors (Lipinski definition) is 4. The van der Waals surface area contributed by atoms with Gasteiger partial charge in [0.2, 0.25) is 5.91 Å². The molecule has 7 heteroatoms. The van der Waals surface area contributed by atoms with E-state index in [9.17, 15) is 14.4 Å². The number of rotatable bonds is 4. The van der Waals surface area contributed by atoms with Crippen molar-refractivity contribution >= 4 is 35.0 Å². The van der Waals surface area contributed by atoms with Gasteiger partial charge >= 0.3 is 0 Å². The van der Waals surface area contributed by atoms with E-state index in [1.54, 1.807) is 30.3 Å². The molecular formula is C18H12ClN3O3. The first-order valence-electron chi connectivity index (χ1n) is 7.45. The summed E-state index contributed by atoms with van der Waals surface area (Å²) in [7, 11) is 0. The maximum absolute atomic E-state index is 12.3. The first-order chi connectivity index (χ1) is 12.0. The van der Waals surface area contributed by atoms with Gasteiger partial charge < -0.3 is 5.32 Å². The van der Waals surface area contributed by atoms with Crippen LogP contribution in [0.2, 0.25) is 5.02 Å². The largest absolute Gasteiger partial charge is 0.326 e. The molecule has 1 aliphatic rings. The highest BCUT2D eigenvalue weighted by Gasteiger charge is 2.35. The molecule has 25 heavy (non-hydrogen) atoms. The van der Waals surface area contributed by atoms with E-state index in [2.05, 4.69) is 5.32 Å². The summed E-state index contributed by atoms with van der Waals surface area (Å²) in [6, 6.07) is 12.9. The zero-order chi connectivity index (χ0) is 18.0. The second-order valence-electron chi connectivity index (χ2n) is 5.44. The normalized spacial score (nSPS) is 12.7. The minimum atomic E-state index is -0.450. The Bertz CT molecular complexity index is 916. The number of anilines is 1. The second kappa shape index (κ2) is 6.75. The first-order valence-corrected chi connectivity index (χ1v) is 7.83. The van der Waals surface area contributed by atoms with Crippen LogP contribution in [0.3, 0.4) is 0 Å². The molecule has 2 aromatic rings. The lowest BCUT2D eigenvalue weighted by atomic mass is 10.1. The number of fused-ring (bicyclic) bond motifs is 1. The number of nitriles is 1. The summed E-state index contributed by atoms with van der Waals surface area (Å²) < 4.78 is 0. The van der Waals surface area contributed by atoms with E-state index in [-0.39, 0.29) is 24.4 Å². The van der Waals surface area contributed by atoms with E-state index in [1.165, 1.54) is 12.1 Å². The maximum atomic E-state index is 12.3. The number of carbonyl (C=O) groups is 3. The molecule has 0 bridgehead atoms. The summed E-state index contributed by atoms with van der Waals surface area (Å²) in [5.41, 5.74) is 1.58. The third kappa shape index (κ3) is 3.37. The smallest absolute Gasteiger partial charge is 0.261 e. The van der Waals surface area contributed by atoms with Crippen LogP contribution < -0.4 is 5.32 Å². The van der Waals surface area contributed by atoms with Gasteiger partial charge in [-0.2, -0.15) is 5.26 Å². The van der Waals surface area contributed by atoms with Crippen molar-refractivity contribution in [2.45, 2.75) is 6.42 Å². The molecule has 1 aliphatic heterocycles. The zero-order valence-electron chi connectivity index (χ0n) is 13.0.